The van der Waals surface area contributed by atoms with Crippen molar-refractivity contribution in [2.75, 3.05) is 19.8 Å². The summed E-state index contributed by atoms with van der Waals surface area (Å²) in [5.74, 6) is -0.516. The fourth-order valence-electron chi connectivity index (χ4n) is 9.15. The van der Waals surface area contributed by atoms with Crippen LogP contribution in [0.15, 0.2) is 72.6 Å². The SMILES string of the molecule is CCOP(=O)(/C=C/C(NC(=O)[C@H](CC(C)C)NC(=O)[C@H](CO[C@H]1O[C@@H]2O[C@@]3(C)CC[C@H]4[C@H](C)CC[C@@H]([C@H]1C)[C@@]24OO3)NC(=O)OCc1ccccc1)c1ccccc1)OCC. The van der Waals surface area contributed by atoms with Crippen molar-refractivity contribution in [1.82, 2.24) is 16.0 Å². The lowest BCUT2D eigenvalue weighted by molar-refractivity contribution is -0.577. The third-order valence-corrected chi connectivity index (χ3v) is 14.0. The summed E-state index contributed by atoms with van der Waals surface area (Å²) in [5, 5.41) is 8.57. The Bertz CT molecular complexity index is 1840. The van der Waals surface area contributed by atoms with E-state index in [-0.39, 0.29) is 56.5 Å². The molecule has 3 amide bonds. The zero-order valence-electron chi connectivity index (χ0n) is 36.4. The lowest BCUT2D eigenvalue weighted by Gasteiger charge is -2.60. The summed E-state index contributed by atoms with van der Waals surface area (Å²) >= 11 is 0. The van der Waals surface area contributed by atoms with Gasteiger partial charge in [0.1, 0.15) is 18.7 Å². The number of ether oxygens (including phenoxy) is 4. The summed E-state index contributed by atoms with van der Waals surface area (Å²) in [5.41, 5.74) is 0.658. The van der Waals surface area contributed by atoms with Crippen LogP contribution in [0.2, 0.25) is 0 Å². The van der Waals surface area contributed by atoms with Gasteiger partial charge in [-0.3, -0.25) is 14.2 Å². The van der Waals surface area contributed by atoms with Crippen molar-refractivity contribution in [3.05, 3.63) is 83.7 Å². The topological polar surface area (TPSA) is 178 Å². The number of hydrogen-bond acceptors (Lipinski definition) is 12. The highest BCUT2D eigenvalue weighted by Crippen LogP contribution is 2.60. The maximum absolute atomic E-state index is 14.4. The molecule has 1 saturated carbocycles. The van der Waals surface area contributed by atoms with Crippen LogP contribution in [0.5, 0.6) is 0 Å². The standard InChI is InChI=1S/C45H64N3O12P/c1-8-55-61(52,56-9-2)25-23-36(33-18-14-11-15-19-33)46-39(49)37(26-29(3)4)47-40(50)38(48-43(51)54-27-32-16-12-10-13-17-32)28-53-41-31(6)35-21-20-30(5)34-22-24-44(7)58-42(57-41)45(34,35)60-59-44/h10-19,23,25,29-31,34-38,41-42H,8-9,20-22,24,26-28H2,1-7H3,(H,46,49)(H,47,50)(H,48,51)/b25-23+/t30-,31-,34+,35+,36?,37+,38+,41+,42-,44-,45-/m1/s1. The minimum atomic E-state index is -3.61. The molecule has 11 atom stereocenters. The first-order valence-electron chi connectivity index (χ1n) is 21.7. The second-order valence-corrected chi connectivity index (χ2v) is 19.1. The number of carbonyl (C=O) groups excluding carboxylic acids is 3. The zero-order chi connectivity index (χ0) is 43.8. The van der Waals surface area contributed by atoms with E-state index in [1.807, 2.05) is 88.4 Å². The quantitative estimate of drug-likeness (QED) is 0.0929. The first-order valence-corrected chi connectivity index (χ1v) is 23.3. The van der Waals surface area contributed by atoms with Crippen LogP contribution in [0.4, 0.5) is 4.79 Å². The zero-order valence-corrected chi connectivity index (χ0v) is 37.3. The molecule has 4 saturated heterocycles. The molecule has 7 rings (SSSR count). The highest BCUT2D eigenvalue weighted by atomic mass is 31.2. The summed E-state index contributed by atoms with van der Waals surface area (Å²) in [7, 11) is -3.61. The smallest absolute Gasteiger partial charge is 0.408 e. The van der Waals surface area contributed by atoms with Crippen molar-refractivity contribution in [2.45, 2.75) is 129 Å². The summed E-state index contributed by atoms with van der Waals surface area (Å²) in [6, 6.07) is 15.2. The Hall–Kier alpha value is -3.66. The number of hydrogen-bond donors (Lipinski definition) is 3. The number of fused-ring (bicyclic) bond motifs is 2. The van der Waals surface area contributed by atoms with Crippen molar-refractivity contribution in [2.24, 2.45) is 29.6 Å². The van der Waals surface area contributed by atoms with E-state index in [1.54, 1.807) is 19.9 Å². The third-order valence-electron chi connectivity index (χ3n) is 12.2. The van der Waals surface area contributed by atoms with Crippen LogP contribution in [0.3, 0.4) is 0 Å². The second kappa shape index (κ2) is 20.7. The van der Waals surface area contributed by atoms with Gasteiger partial charge in [0.2, 0.25) is 17.6 Å². The Kier molecular flexibility index (Phi) is 15.9. The van der Waals surface area contributed by atoms with E-state index < -0.39 is 67.6 Å². The van der Waals surface area contributed by atoms with Crippen molar-refractivity contribution in [3.8, 4) is 0 Å². The summed E-state index contributed by atoms with van der Waals surface area (Å²) < 4.78 is 49.3. The molecule has 2 aromatic carbocycles. The molecular weight excluding hydrogens is 805 g/mol. The molecule has 1 aliphatic carbocycles. The molecule has 2 aromatic rings. The molecule has 4 heterocycles. The van der Waals surface area contributed by atoms with Gasteiger partial charge in [-0.05, 0) is 81.4 Å². The van der Waals surface area contributed by atoms with E-state index in [9.17, 15) is 18.9 Å². The number of amides is 3. The molecule has 16 heteroatoms. The van der Waals surface area contributed by atoms with Crippen LogP contribution in [0, 0.1) is 29.6 Å². The van der Waals surface area contributed by atoms with Crippen molar-refractivity contribution < 1.29 is 56.7 Å². The fraction of sp³-hybridized carbons (Fsp3) is 0.622. The van der Waals surface area contributed by atoms with E-state index >= 15 is 0 Å². The molecule has 4 aliphatic heterocycles. The van der Waals surface area contributed by atoms with Gasteiger partial charge in [-0.25, -0.2) is 14.6 Å². The highest BCUT2D eigenvalue weighted by Gasteiger charge is 2.69. The van der Waals surface area contributed by atoms with Gasteiger partial charge in [-0.1, -0.05) is 88.4 Å². The third kappa shape index (κ3) is 11.3. The van der Waals surface area contributed by atoms with E-state index in [1.165, 1.54) is 5.82 Å². The van der Waals surface area contributed by atoms with Crippen molar-refractivity contribution in [3.63, 3.8) is 0 Å². The predicted molar refractivity (Wildman–Crippen MR) is 225 cm³/mol. The lowest BCUT2D eigenvalue weighted by Crippen LogP contribution is -2.70. The van der Waals surface area contributed by atoms with Gasteiger partial charge in [0.25, 0.3) is 0 Å². The molecular formula is C45H64N3O12P. The van der Waals surface area contributed by atoms with Gasteiger partial charge >= 0.3 is 13.7 Å². The lowest BCUT2D eigenvalue weighted by atomic mass is 9.58. The molecule has 61 heavy (non-hydrogen) atoms. The normalized spacial score (nSPS) is 29.8. The Morgan fingerprint density at radius 3 is 2.21 bits per heavy atom. The van der Waals surface area contributed by atoms with Crippen molar-refractivity contribution in [1.29, 1.82) is 0 Å². The average Bonchev–Trinajstić information content (AvgIpc) is 3.47. The number of rotatable bonds is 19. The maximum Gasteiger partial charge on any atom is 0.408 e. The van der Waals surface area contributed by atoms with E-state index in [0.29, 0.717) is 17.9 Å². The van der Waals surface area contributed by atoms with E-state index in [2.05, 4.69) is 22.9 Å². The van der Waals surface area contributed by atoms with Crippen LogP contribution in [0.25, 0.3) is 0 Å². The second-order valence-electron chi connectivity index (χ2n) is 17.2. The molecule has 15 nitrogen and oxygen atoms in total. The molecule has 0 aromatic heterocycles. The van der Waals surface area contributed by atoms with Crippen LogP contribution in [-0.4, -0.2) is 73.8 Å². The molecule has 5 fully saturated rings. The predicted octanol–water partition coefficient (Wildman–Crippen LogP) is 7.67. The van der Waals surface area contributed by atoms with E-state index in [0.717, 1.165) is 24.8 Å². The van der Waals surface area contributed by atoms with Gasteiger partial charge in [0.05, 0.1) is 25.9 Å². The van der Waals surface area contributed by atoms with Gasteiger partial charge in [-0.2, -0.15) is 0 Å². The minimum absolute atomic E-state index is 0.0230. The first kappa shape index (κ1) is 46.8. The van der Waals surface area contributed by atoms with Crippen LogP contribution >= 0.6 is 7.60 Å². The maximum atomic E-state index is 14.4. The molecule has 1 unspecified atom stereocenters. The molecule has 0 radical (unpaired) electrons. The van der Waals surface area contributed by atoms with Crippen LogP contribution in [-0.2, 0) is 58.5 Å². The Morgan fingerprint density at radius 1 is 0.869 bits per heavy atom. The van der Waals surface area contributed by atoms with Crippen LogP contribution < -0.4 is 16.0 Å². The molecule has 1 spiro atoms. The van der Waals surface area contributed by atoms with E-state index in [4.69, 9.17) is 37.8 Å². The average molecular weight is 870 g/mol. The fourth-order valence-corrected chi connectivity index (χ4v) is 10.5. The molecule has 5 aliphatic rings. The molecule has 2 bridgehead atoms. The Balaban J connectivity index is 1.21. The summed E-state index contributed by atoms with van der Waals surface area (Å²) in [6.45, 7) is 13.4. The highest BCUT2D eigenvalue weighted by molar-refractivity contribution is 7.57. The Labute approximate surface area is 359 Å². The Morgan fingerprint density at radius 2 is 1.54 bits per heavy atom. The van der Waals surface area contributed by atoms with Gasteiger partial charge < -0.3 is 43.9 Å². The number of nitrogens with one attached hydrogen (secondary N) is 3. The minimum Gasteiger partial charge on any atom is -0.445 e. The van der Waals surface area contributed by atoms with Gasteiger partial charge in [-0.15, -0.1) is 0 Å². The molecule has 336 valence electrons. The van der Waals surface area contributed by atoms with Gasteiger partial charge in [0, 0.05) is 24.1 Å². The van der Waals surface area contributed by atoms with Crippen molar-refractivity contribution >= 4 is 25.5 Å². The monoisotopic (exact) mass is 869 g/mol. The van der Waals surface area contributed by atoms with Gasteiger partial charge in [0.15, 0.2) is 18.2 Å². The number of benzene rings is 2. The summed E-state index contributed by atoms with van der Waals surface area (Å²) in [4.78, 5) is 54.1. The first-order chi connectivity index (χ1) is 29.2. The number of alkyl carbamates (subject to hydrolysis) is 1. The number of carbonyl (C=O) groups is 3. The summed E-state index contributed by atoms with van der Waals surface area (Å²) in [6.07, 6.45) is 2.76. The molecule has 3 N–H and O–H groups in total. The largest absolute Gasteiger partial charge is 0.445 e. The van der Waals surface area contributed by atoms with Crippen LogP contribution in [0.1, 0.15) is 97.7 Å².